The molecule has 84 valence electrons. The van der Waals surface area contributed by atoms with Crippen molar-refractivity contribution in [3.63, 3.8) is 0 Å². The second-order valence-corrected chi connectivity index (χ2v) is 4.37. The van der Waals surface area contributed by atoms with Gasteiger partial charge < -0.3 is 5.73 Å². The highest BCUT2D eigenvalue weighted by Gasteiger charge is 2.08. The smallest absolute Gasteiger partial charge is 0.146 e. The molecule has 3 aromatic rings. The number of nitrogens with one attached hydrogen (secondary N) is 1. The van der Waals surface area contributed by atoms with E-state index in [-0.39, 0.29) is 0 Å². The fourth-order valence-corrected chi connectivity index (χ4v) is 2.26. The zero-order valence-corrected chi connectivity index (χ0v) is 9.61. The number of aromatic nitrogens is 4. The van der Waals surface area contributed by atoms with Crippen molar-refractivity contribution < 1.29 is 0 Å². The Morgan fingerprint density at radius 1 is 1.12 bits per heavy atom. The number of nitrogens with two attached hydrogens (primary N) is 1. The first-order valence-electron chi connectivity index (χ1n) is 5.00. The minimum Gasteiger partial charge on any atom is -0.399 e. The van der Waals surface area contributed by atoms with E-state index < -0.39 is 0 Å². The highest BCUT2D eigenvalue weighted by atomic mass is 32.1. The van der Waals surface area contributed by atoms with Gasteiger partial charge in [0.15, 0.2) is 0 Å². The van der Waals surface area contributed by atoms with Crippen molar-refractivity contribution in [1.82, 2.24) is 20.4 Å². The Bertz CT molecular complexity index is 612. The summed E-state index contributed by atoms with van der Waals surface area (Å²) in [5.74, 6) is 0. The zero-order valence-electron chi connectivity index (χ0n) is 8.79. The lowest BCUT2D eigenvalue weighted by Crippen LogP contribution is -1.84. The molecular formula is C11H9N5S. The number of rotatable bonds is 2. The van der Waals surface area contributed by atoms with Crippen molar-refractivity contribution >= 4 is 17.0 Å². The van der Waals surface area contributed by atoms with E-state index in [1.165, 1.54) is 0 Å². The van der Waals surface area contributed by atoms with E-state index in [9.17, 15) is 0 Å². The lowest BCUT2D eigenvalue weighted by molar-refractivity contribution is 0.942. The first-order chi connectivity index (χ1) is 8.33. The second kappa shape index (κ2) is 3.99. The maximum absolute atomic E-state index is 5.65. The molecule has 0 fully saturated rings. The molecule has 17 heavy (non-hydrogen) atoms. The monoisotopic (exact) mass is 243 g/mol. The minimum absolute atomic E-state index is 0.751. The predicted molar refractivity (Wildman–Crippen MR) is 67.3 cm³/mol. The molecule has 0 bridgehead atoms. The van der Waals surface area contributed by atoms with Gasteiger partial charge in [-0.2, -0.15) is 15.4 Å². The van der Waals surface area contributed by atoms with Gasteiger partial charge in [-0.1, -0.05) is 12.1 Å². The van der Waals surface area contributed by atoms with E-state index in [1.807, 2.05) is 29.6 Å². The summed E-state index contributed by atoms with van der Waals surface area (Å²) in [6.45, 7) is 0. The number of aromatic amines is 1. The van der Waals surface area contributed by atoms with Gasteiger partial charge in [0, 0.05) is 16.6 Å². The van der Waals surface area contributed by atoms with Crippen molar-refractivity contribution in [2.75, 3.05) is 5.73 Å². The summed E-state index contributed by atoms with van der Waals surface area (Å²) >= 11 is 1.54. The third-order valence-electron chi connectivity index (χ3n) is 2.34. The largest absolute Gasteiger partial charge is 0.399 e. The number of anilines is 1. The molecule has 0 saturated carbocycles. The fraction of sp³-hybridized carbons (Fsp3) is 0. The molecule has 0 amide bonds. The van der Waals surface area contributed by atoms with E-state index in [1.54, 1.807) is 17.5 Å². The quantitative estimate of drug-likeness (QED) is 0.676. The van der Waals surface area contributed by atoms with Crippen LogP contribution in [0, 0.1) is 0 Å². The van der Waals surface area contributed by atoms with Gasteiger partial charge in [-0.25, -0.2) is 4.98 Å². The van der Waals surface area contributed by atoms with Crippen LogP contribution in [0.5, 0.6) is 0 Å². The predicted octanol–water partition coefficient (Wildman–Crippen LogP) is 2.18. The number of nitrogen functional groups attached to an aromatic ring is 1. The summed E-state index contributed by atoms with van der Waals surface area (Å²) in [4.78, 5) is 4.51. The van der Waals surface area contributed by atoms with Gasteiger partial charge in [0.1, 0.15) is 10.7 Å². The molecule has 0 aliphatic rings. The Labute approximate surface area is 101 Å². The van der Waals surface area contributed by atoms with Crippen molar-refractivity contribution in [2.24, 2.45) is 0 Å². The average Bonchev–Trinajstić information content (AvgIpc) is 3.00. The number of hydrogen-bond acceptors (Lipinski definition) is 5. The molecule has 6 heteroatoms. The first kappa shape index (κ1) is 9.98. The number of hydrogen-bond donors (Lipinski definition) is 2. The third kappa shape index (κ3) is 1.90. The van der Waals surface area contributed by atoms with Gasteiger partial charge >= 0.3 is 0 Å². The SMILES string of the molecule is Nc1ccc(-c2csc(-c3cn[nH]n3)n2)cc1. The standard InChI is InChI=1S/C11H9N5S/c12-8-3-1-7(2-4-8)10-6-17-11(14-10)9-5-13-16-15-9/h1-6H,12H2,(H,13,15,16). The Hall–Kier alpha value is -2.21. The molecule has 0 aliphatic heterocycles. The van der Waals surface area contributed by atoms with Crippen LogP contribution < -0.4 is 5.73 Å². The van der Waals surface area contributed by atoms with Gasteiger partial charge in [0.25, 0.3) is 0 Å². The molecule has 1 aromatic carbocycles. The molecule has 2 heterocycles. The molecule has 0 saturated heterocycles. The summed E-state index contributed by atoms with van der Waals surface area (Å²) in [6.07, 6.45) is 1.66. The lowest BCUT2D eigenvalue weighted by Gasteiger charge is -1.96. The average molecular weight is 243 g/mol. The van der Waals surface area contributed by atoms with Crippen molar-refractivity contribution in [3.05, 3.63) is 35.8 Å². The van der Waals surface area contributed by atoms with Crippen LogP contribution in [0.15, 0.2) is 35.8 Å². The van der Waals surface area contributed by atoms with Crippen LogP contribution in [0.3, 0.4) is 0 Å². The van der Waals surface area contributed by atoms with Gasteiger partial charge in [-0.05, 0) is 12.1 Å². The molecule has 0 atom stereocenters. The summed E-state index contributed by atoms with van der Waals surface area (Å²) < 4.78 is 0. The number of benzene rings is 1. The van der Waals surface area contributed by atoms with Gasteiger partial charge in [-0.3, -0.25) is 0 Å². The van der Waals surface area contributed by atoms with Gasteiger partial charge in [0.05, 0.1) is 11.9 Å². The zero-order chi connectivity index (χ0) is 11.7. The topological polar surface area (TPSA) is 80.5 Å². The Morgan fingerprint density at radius 3 is 2.65 bits per heavy atom. The lowest BCUT2D eigenvalue weighted by atomic mass is 10.1. The molecule has 0 aliphatic carbocycles. The summed E-state index contributed by atoms with van der Waals surface area (Å²) in [5, 5.41) is 13.2. The fourth-order valence-electron chi connectivity index (χ4n) is 1.48. The van der Waals surface area contributed by atoms with Crippen LogP contribution >= 0.6 is 11.3 Å². The van der Waals surface area contributed by atoms with E-state index in [0.29, 0.717) is 0 Å². The Morgan fingerprint density at radius 2 is 1.94 bits per heavy atom. The van der Waals surface area contributed by atoms with Crippen LogP contribution in [0.25, 0.3) is 22.0 Å². The van der Waals surface area contributed by atoms with Crippen LogP contribution in [0.1, 0.15) is 0 Å². The van der Waals surface area contributed by atoms with Crippen molar-refractivity contribution in [2.45, 2.75) is 0 Å². The number of H-pyrrole nitrogens is 1. The van der Waals surface area contributed by atoms with E-state index in [4.69, 9.17) is 5.73 Å². The van der Waals surface area contributed by atoms with E-state index >= 15 is 0 Å². The van der Waals surface area contributed by atoms with Crippen LogP contribution in [-0.4, -0.2) is 20.4 Å². The molecule has 0 spiro atoms. The maximum atomic E-state index is 5.65. The molecular weight excluding hydrogens is 234 g/mol. The second-order valence-electron chi connectivity index (χ2n) is 3.52. The van der Waals surface area contributed by atoms with E-state index in [0.717, 1.165) is 27.6 Å². The first-order valence-corrected chi connectivity index (χ1v) is 5.88. The number of nitrogens with zero attached hydrogens (tertiary/aromatic N) is 3. The van der Waals surface area contributed by atoms with Crippen LogP contribution in [0.2, 0.25) is 0 Å². The van der Waals surface area contributed by atoms with Crippen LogP contribution in [0.4, 0.5) is 5.69 Å². The third-order valence-corrected chi connectivity index (χ3v) is 3.21. The van der Waals surface area contributed by atoms with Crippen LogP contribution in [-0.2, 0) is 0 Å². The van der Waals surface area contributed by atoms with Crippen molar-refractivity contribution in [3.8, 4) is 22.0 Å². The highest BCUT2D eigenvalue weighted by Crippen LogP contribution is 2.27. The molecule has 3 N–H and O–H groups in total. The Kier molecular flexibility index (Phi) is 2.34. The summed E-state index contributed by atoms with van der Waals surface area (Å²) in [7, 11) is 0. The molecule has 0 unspecified atom stereocenters. The highest BCUT2D eigenvalue weighted by molar-refractivity contribution is 7.13. The molecule has 2 aromatic heterocycles. The maximum Gasteiger partial charge on any atom is 0.146 e. The van der Waals surface area contributed by atoms with Crippen molar-refractivity contribution in [1.29, 1.82) is 0 Å². The van der Waals surface area contributed by atoms with Gasteiger partial charge in [-0.15, -0.1) is 11.3 Å². The minimum atomic E-state index is 0.751. The molecule has 5 nitrogen and oxygen atoms in total. The summed E-state index contributed by atoms with van der Waals surface area (Å²) in [6, 6.07) is 7.64. The summed E-state index contributed by atoms with van der Waals surface area (Å²) in [5.41, 5.74) is 9.13. The van der Waals surface area contributed by atoms with Gasteiger partial charge in [0.2, 0.25) is 0 Å². The number of thiazole rings is 1. The molecule has 0 radical (unpaired) electrons. The normalized spacial score (nSPS) is 10.6. The van der Waals surface area contributed by atoms with E-state index in [2.05, 4.69) is 20.4 Å². The Balaban J connectivity index is 1.98. The molecule has 3 rings (SSSR count).